The first-order chi connectivity index (χ1) is 9.04. The van der Waals surface area contributed by atoms with Crippen LogP contribution in [0.2, 0.25) is 10.0 Å². The number of carbonyl (C=O) groups is 1. The second-order valence-electron chi connectivity index (χ2n) is 4.05. The zero-order valence-corrected chi connectivity index (χ0v) is 12.1. The van der Waals surface area contributed by atoms with Gasteiger partial charge in [-0.1, -0.05) is 23.2 Å². The number of rotatable bonds is 8. The highest BCUT2D eigenvalue weighted by atomic mass is 35.5. The molecule has 1 unspecified atom stereocenters. The number of phenolic OH excluding ortho intramolecular Hbond substituents is 1. The van der Waals surface area contributed by atoms with E-state index >= 15 is 0 Å². The Bertz CT molecular complexity index is 400. The van der Waals surface area contributed by atoms with E-state index in [2.05, 4.69) is 0 Å². The second kappa shape index (κ2) is 8.25. The highest BCUT2D eigenvalue weighted by Crippen LogP contribution is 2.37. The van der Waals surface area contributed by atoms with Crippen LogP contribution < -0.4 is 4.74 Å². The summed E-state index contributed by atoms with van der Waals surface area (Å²) in [7, 11) is 0. The van der Waals surface area contributed by atoms with Gasteiger partial charge in [0.05, 0.1) is 16.1 Å². The van der Waals surface area contributed by atoms with Crippen LogP contribution in [0.4, 0.5) is 0 Å². The first-order valence-electron chi connectivity index (χ1n) is 5.90. The summed E-state index contributed by atoms with van der Waals surface area (Å²) in [5.41, 5.74) is 0. The van der Waals surface area contributed by atoms with Gasteiger partial charge in [0.25, 0.3) is 0 Å². The van der Waals surface area contributed by atoms with Crippen LogP contribution >= 0.6 is 23.2 Å². The third-order valence-corrected chi connectivity index (χ3v) is 2.95. The number of carbonyl (C=O) groups excluding carboxylic acids is 1. The molecule has 1 N–H and O–H groups in total. The van der Waals surface area contributed by atoms with Crippen molar-refractivity contribution >= 4 is 29.5 Å². The van der Waals surface area contributed by atoms with Gasteiger partial charge in [0, 0.05) is 18.7 Å². The summed E-state index contributed by atoms with van der Waals surface area (Å²) in [5, 5.41) is 9.85. The quantitative estimate of drug-likeness (QED) is 0.590. The van der Waals surface area contributed by atoms with Gasteiger partial charge in [-0.15, -0.1) is 0 Å². The fraction of sp³-hybridized carbons (Fsp3) is 0.462. The van der Waals surface area contributed by atoms with Gasteiger partial charge in [-0.2, -0.15) is 0 Å². The summed E-state index contributed by atoms with van der Waals surface area (Å²) >= 11 is 11.9. The molecular weight excluding hydrogens is 291 g/mol. The number of halogens is 2. The average molecular weight is 307 g/mol. The first-order valence-corrected chi connectivity index (χ1v) is 6.66. The standard InChI is InChI=1S/C13H16Cl2O4/c1-9(3-2-5-18-6-4-16)19-13-11(14)7-10(17)8-12(13)15/h4,7-9,17H,2-3,5-6H2,1H3. The molecule has 1 rings (SSSR count). The largest absolute Gasteiger partial charge is 0.508 e. The average Bonchev–Trinajstić information content (AvgIpc) is 2.33. The van der Waals surface area contributed by atoms with Gasteiger partial charge in [-0.05, 0) is 19.8 Å². The summed E-state index contributed by atoms with van der Waals surface area (Å²) in [6.07, 6.45) is 2.13. The number of hydrogen-bond acceptors (Lipinski definition) is 4. The number of aldehydes is 1. The van der Waals surface area contributed by atoms with E-state index in [1.807, 2.05) is 6.92 Å². The summed E-state index contributed by atoms with van der Waals surface area (Å²) < 4.78 is 10.7. The zero-order valence-electron chi connectivity index (χ0n) is 10.6. The maximum absolute atomic E-state index is 10.0. The minimum Gasteiger partial charge on any atom is -0.508 e. The van der Waals surface area contributed by atoms with E-state index in [1.165, 1.54) is 12.1 Å². The van der Waals surface area contributed by atoms with Crippen molar-refractivity contribution in [2.24, 2.45) is 0 Å². The minimum atomic E-state index is -0.0978. The van der Waals surface area contributed by atoms with Crippen LogP contribution in [-0.2, 0) is 9.53 Å². The van der Waals surface area contributed by atoms with Crippen LogP contribution in [0.25, 0.3) is 0 Å². The van der Waals surface area contributed by atoms with Crippen molar-refractivity contribution < 1.29 is 19.4 Å². The fourth-order valence-corrected chi connectivity index (χ4v) is 2.09. The summed E-state index contributed by atoms with van der Waals surface area (Å²) in [4.78, 5) is 10.0. The van der Waals surface area contributed by atoms with Gasteiger partial charge in [-0.3, -0.25) is 0 Å². The summed E-state index contributed by atoms with van der Waals surface area (Å²) in [6, 6.07) is 2.76. The van der Waals surface area contributed by atoms with Crippen molar-refractivity contribution in [3.05, 3.63) is 22.2 Å². The smallest absolute Gasteiger partial charge is 0.157 e. The Morgan fingerprint density at radius 2 is 2.00 bits per heavy atom. The lowest BCUT2D eigenvalue weighted by molar-refractivity contribution is -0.111. The molecule has 0 fully saturated rings. The first kappa shape index (κ1) is 16.1. The molecule has 1 aromatic carbocycles. The molecule has 0 aliphatic rings. The van der Waals surface area contributed by atoms with Crippen LogP contribution in [0.3, 0.4) is 0 Å². The molecule has 0 aliphatic heterocycles. The number of benzene rings is 1. The van der Waals surface area contributed by atoms with E-state index in [0.717, 1.165) is 19.1 Å². The van der Waals surface area contributed by atoms with Gasteiger partial charge >= 0.3 is 0 Å². The molecule has 0 saturated heterocycles. The van der Waals surface area contributed by atoms with Crippen molar-refractivity contribution in [2.45, 2.75) is 25.9 Å². The molecule has 6 heteroatoms. The topological polar surface area (TPSA) is 55.8 Å². The third-order valence-electron chi connectivity index (χ3n) is 2.39. The molecule has 0 radical (unpaired) electrons. The summed E-state index contributed by atoms with van der Waals surface area (Å²) in [5.74, 6) is 0.361. The van der Waals surface area contributed by atoms with Crippen LogP contribution in [-0.4, -0.2) is 30.7 Å². The van der Waals surface area contributed by atoms with Crippen molar-refractivity contribution in [1.82, 2.24) is 0 Å². The van der Waals surface area contributed by atoms with Gasteiger partial charge in [0.15, 0.2) is 5.75 Å². The van der Waals surface area contributed by atoms with Gasteiger partial charge < -0.3 is 19.4 Å². The normalized spacial score (nSPS) is 12.2. The van der Waals surface area contributed by atoms with E-state index in [9.17, 15) is 9.90 Å². The molecule has 0 heterocycles. The maximum atomic E-state index is 10.0. The van der Waals surface area contributed by atoms with E-state index in [0.29, 0.717) is 12.4 Å². The SMILES string of the molecule is CC(CCCOCC=O)Oc1c(Cl)cc(O)cc1Cl. The fourth-order valence-electron chi connectivity index (χ4n) is 1.52. The van der Waals surface area contributed by atoms with E-state index in [-0.39, 0.29) is 28.5 Å². The Balaban J connectivity index is 2.44. The molecule has 106 valence electrons. The highest BCUT2D eigenvalue weighted by Gasteiger charge is 2.13. The second-order valence-corrected chi connectivity index (χ2v) is 4.87. The Kier molecular flexibility index (Phi) is 6.99. The van der Waals surface area contributed by atoms with Crippen LogP contribution in [0.1, 0.15) is 19.8 Å². The molecule has 0 spiro atoms. The molecule has 0 saturated carbocycles. The third kappa shape index (κ3) is 5.68. The Hall–Kier alpha value is -0.970. The molecular formula is C13H16Cl2O4. The van der Waals surface area contributed by atoms with Gasteiger partial charge in [0.2, 0.25) is 0 Å². The van der Waals surface area contributed by atoms with Crippen LogP contribution in [0.15, 0.2) is 12.1 Å². The predicted octanol–water partition coefficient (Wildman–Crippen LogP) is 3.46. The van der Waals surface area contributed by atoms with Crippen molar-refractivity contribution in [2.75, 3.05) is 13.2 Å². The monoisotopic (exact) mass is 306 g/mol. The highest BCUT2D eigenvalue weighted by molar-refractivity contribution is 6.37. The van der Waals surface area contributed by atoms with Gasteiger partial charge in [-0.25, -0.2) is 0 Å². The molecule has 19 heavy (non-hydrogen) atoms. The lowest BCUT2D eigenvalue weighted by Crippen LogP contribution is -2.13. The number of hydrogen-bond donors (Lipinski definition) is 1. The molecule has 0 aliphatic carbocycles. The maximum Gasteiger partial charge on any atom is 0.157 e. The molecule has 0 amide bonds. The van der Waals surface area contributed by atoms with Crippen molar-refractivity contribution in [3.63, 3.8) is 0 Å². The number of aromatic hydroxyl groups is 1. The lowest BCUT2D eigenvalue weighted by atomic mass is 10.2. The van der Waals surface area contributed by atoms with Crippen molar-refractivity contribution in [1.29, 1.82) is 0 Å². The minimum absolute atomic E-state index is 0.00253. The van der Waals surface area contributed by atoms with Crippen molar-refractivity contribution in [3.8, 4) is 11.5 Å². The molecule has 1 atom stereocenters. The lowest BCUT2D eigenvalue weighted by Gasteiger charge is -2.17. The van der Waals surface area contributed by atoms with E-state index in [4.69, 9.17) is 32.7 Å². The zero-order chi connectivity index (χ0) is 14.3. The Labute approximate surface area is 122 Å². The predicted molar refractivity (Wildman–Crippen MR) is 74.3 cm³/mol. The Morgan fingerprint density at radius 1 is 1.37 bits per heavy atom. The number of phenols is 1. The van der Waals surface area contributed by atoms with Crippen LogP contribution in [0.5, 0.6) is 11.5 Å². The molecule has 1 aromatic rings. The molecule has 4 nitrogen and oxygen atoms in total. The molecule has 0 aromatic heterocycles. The summed E-state index contributed by atoms with van der Waals surface area (Å²) in [6.45, 7) is 2.51. The van der Waals surface area contributed by atoms with E-state index < -0.39 is 0 Å². The Morgan fingerprint density at radius 3 is 2.58 bits per heavy atom. The van der Waals surface area contributed by atoms with Crippen LogP contribution in [0, 0.1) is 0 Å². The number of ether oxygens (including phenoxy) is 2. The molecule has 0 bridgehead atoms. The van der Waals surface area contributed by atoms with E-state index in [1.54, 1.807) is 0 Å². The van der Waals surface area contributed by atoms with Gasteiger partial charge in [0.1, 0.15) is 18.6 Å².